The number of benzene rings is 1. The summed E-state index contributed by atoms with van der Waals surface area (Å²) in [4.78, 5) is 9.42. The Labute approximate surface area is 175 Å². The summed E-state index contributed by atoms with van der Waals surface area (Å²) >= 11 is 0. The maximum absolute atomic E-state index is 4.35. The maximum atomic E-state index is 4.35. The van der Waals surface area contributed by atoms with Crippen molar-refractivity contribution in [2.75, 3.05) is 51.2 Å². The lowest BCUT2D eigenvalue weighted by Crippen LogP contribution is -2.47. The summed E-state index contributed by atoms with van der Waals surface area (Å²) in [5, 5.41) is 7.02. The minimum absolute atomic E-state index is 0. The van der Waals surface area contributed by atoms with Gasteiger partial charge in [0.1, 0.15) is 0 Å². The van der Waals surface area contributed by atoms with Gasteiger partial charge in [-0.2, -0.15) is 0 Å². The molecule has 146 valence electrons. The number of aliphatic imine (C=N–C) groups is 1. The third kappa shape index (κ3) is 6.61. The third-order valence-corrected chi connectivity index (χ3v) is 5.36. The SMILES string of the molecule is CN=C(NCCCN1CCN(c2ccccc2)CC1)NC1CCCC1.I. The van der Waals surface area contributed by atoms with Gasteiger partial charge < -0.3 is 15.5 Å². The van der Waals surface area contributed by atoms with Crippen molar-refractivity contribution in [3.05, 3.63) is 30.3 Å². The van der Waals surface area contributed by atoms with Gasteiger partial charge in [-0.05, 0) is 37.9 Å². The largest absolute Gasteiger partial charge is 0.369 e. The molecule has 6 heteroatoms. The summed E-state index contributed by atoms with van der Waals surface area (Å²) in [6.07, 6.45) is 6.43. The Morgan fingerprint density at radius 3 is 2.42 bits per heavy atom. The van der Waals surface area contributed by atoms with Crippen LogP contribution in [0.25, 0.3) is 0 Å². The van der Waals surface area contributed by atoms with E-state index in [1.807, 2.05) is 7.05 Å². The van der Waals surface area contributed by atoms with Gasteiger partial charge in [-0.15, -0.1) is 24.0 Å². The second kappa shape index (κ2) is 11.6. The highest BCUT2D eigenvalue weighted by atomic mass is 127. The number of anilines is 1. The van der Waals surface area contributed by atoms with Gasteiger partial charge in [-0.1, -0.05) is 31.0 Å². The molecule has 1 saturated heterocycles. The Morgan fingerprint density at radius 1 is 1.08 bits per heavy atom. The average molecular weight is 471 g/mol. The van der Waals surface area contributed by atoms with Gasteiger partial charge in [0, 0.05) is 51.5 Å². The fourth-order valence-corrected chi connectivity index (χ4v) is 3.84. The predicted molar refractivity (Wildman–Crippen MR) is 122 cm³/mol. The van der Waals surface area contributed by atoms with E-state index in [0.29, 0.717) is 6.04 Å². The first-order valence-electron chi connectivity index (χ1n) is 9.84. The van der Waals surface area contributed by atoms with Crippen molar-refractivity contribution in [1.82, 2.24) is 15.5 Å². The highest BCUT2D eigenvalue weighted by Crippen LogP contribution is 2.17. The van der Waals surface area contributed by atoms with Crippen molar-refractivity contribution in [2.45, 2.75) is 38.1 Å². The molecule has 5 nitrogen and oxygen atoms in total. The molecule has 0 spiro atoms. The molecule has 2 N–H and O–H groups in total. The van der Waals surface area contributed by atoms with Crippen LogP contribution >= 0.6 is 24.0 Å². The lowest BCUT2D eigenvalue weighted by molar-refractivity contribution is 0.255. The van der Waals surface area contributed by atoms with Gasteiger partial charge in [0.05, 0.1) is 0 Å². The molecule has 2 aliphatic rings. The number of rotatable bonds is 6. The molecule has 1 saturated carbocycles. The van der Waals surface area contributed by atoms with Crippen LogP contribution in [-0.2, 0) is 0 Å². The zero-order chi connectivity index (χ0) is 17.3. The van der Waals surface area contributed by atoms with Crippen LogP contribution in [0.3, 0.4) is 0 Å². The molecule has 3 rings (SSSR count). The molecule has 1 aliphatic carbocycles. The fourth-order valence-electron chi connectivity index (χ4n) is 3.84. The Balaban J connectivity index is 0.00000243. The second-order valence-electron chi connectivity index (χ2n) is 7.14. The van der Waals surface area contributed by atoms with Crippen LogP contribution in [0, 0.1) is 0 Å². The first-order valence-corrected chi connectivity index (χ1v) is 9.84. The smallest absolute Gasteiger partial charge is 0.191 e. The van der Waals surface area contributed by atoms with Crippen molar-refractivity contribution in [3.63, 3.8) is 0 Å². The van der Waals surface area contributed by atoms with Crippen LogP contribution in [0.4, 0.5) is 5.69 Å². The van der Waals surface area contributed by atoms with Gasteiger partial charge in [-0.25, -0.2) is 0 Å². The number of nitrogens with zero attached hydrogens (tertiary/aromatic N) is 3. The van der Waals surface area contributed by atoms with E-state index < -0.39 is 0 Å². The van der Waals surface area contributed by atoms with Gasteiger partial charge in [-0.3, -0.25) is 9.89 Å². The molecule has 1 aromatic carbocycles. The van der Waals surface area contributed by atoms with Crippen molar-refractivity contribution >= 4 is 35.6 Å². The topological polar surface area (TPSA) is 42.9 Å². The second-order valence-corrected chi connectivity index (χ2v) is 7.14. The van der Waals surface area contributed by atoms with Crippen LogP contribution in [-0.4, -0.2) is 63.2 Å². The lowest BCUT2D eigenvalue weighted by atomic mass is 10.2. The van der Waals surface area contributed by atoms with E-state index in [-0.39, 0.29) is 24.0 Å². The number of hydrogen-bond donors (Lipinski definition) is 2. The Hall–Kier alpha value is -1.02. The van der Waals surface area contributed by atoms with Crippen LogP contribution < -0.4 is 15.5 Å². The molecule has 0 bridgehead atoms. The normalized spacial score (nSPS) is 19.3. The van der Waals surface area contributed by atoms with E-state index in [2.05, 4.69) is 55.8 Å². The number of guanidine groups is 1. The molecular formula is C20H34IN5. The van der Waals surface area contributed by atoms with Crippen LogP contribution in [0.2, 0.25) is 0 Å². The van der Waals surface area contributed by atoms with Crippen molar-refractivity contribution in [1.29, 1.82) is 0 Å². The summed E-state index contributed by atoms with van der Waals surface area (Å²) in [6, 6.07) is 11.4. The van der Waals surface area contributed by atoms with Gasteiger partial charge in [0.15, 0.2) is 5.96 Å². The van der Waals surface area contributed by atoms with Gasteiger partial charge >= 0.3 is 0 Å². The Kier molecular flexibility index (Phi) is 9.53. The average Bonchev–Trinajstić information content (AvgIpc) is 3.18. The summed E-state index contributed by atoms with van der Waals surface area (Å²) in [6.45, 7) is 6.72. The maximum Gasteiger partial charge on any atom is 0.191 e. The molecule has 0 amide bonds. The number of para-hydroxylation sites is 1. The Bertz CT molecular complexity index is 522. The molecule has 0 atom stereocenters. The third-order valence-electron chi connectivity index (χ3n) is 5.36. The van der Waals surface area contributed by atoms with E-state index in [9.17, 15) is 0 Å². The molecule has 1 heterocycles. The first kappa shape index (κ1) is 21.3. The number of piperazine rings is 1. The summed E-state index contributed by atoms with van der Waals surface area (Å²) in [7, 11) is 1.87. The van der Waals surface area contributed by atoms with E-state index >= 15 is 0 Å². The molecule has 2 fully saturated rings. The van der Waals surface area contributed by atoms with Crippen LogP contribution in [0.5, 0.6) is 0 Å². The number of hydrogen-bond acceptors (Lipinski definition) is 3. The zero-order valence-corrected chi connectivity index (χ0v) is 18.3. The summed E-state index contributed by atoms with van der Waals surface area (Å²) in [5.41, 5.74) is 1.35. The molecule has 26 heavy (non-hydrogen) atoms. The first-order chi connectivity index (χ1) is 12.3. The Morgan fingerprint density at radius 2 is 1.77 bits per heavy atom. The highest BCUT2D eigenvalue weighted by molar-refractivity contribution is 14.0. The quantitative estimate of drug-likeness (QED) is 0.290. The number of nitrogens with one attached hydrogen (secondary N) is 2. The van der Waals surface area contributed by atoms with E-state index in [0.717, 1.165) is 51.6 Å². The summed E-state index contributed by atoms with van der Waals surface area (Å²) < 4.78 is 0. The fraction of sp³-hybridized carbons (Fsp3) is 0.650. The van der Waals surface area contributed by atoms with Crippen molar-refractivity contribution < 1.29 is 0 Å². The molecule has 0 aromatic heterocycles. The lowest BCUT2D eigenvalue weighted by Gasteiger charge is -2.36. The highest BCUT2D eigenvalue weighted by Gasteiger charge is 2.17. The minimum Gasteiger partial charge on any atom is -0.369 e. The van der Waals surface area contributed by atoms with E-state index in [4.69, 9.17) is 0 Å². The molecule has 1 aliphatic heterocycles. The molecule has 0 radical (unpaired) electrons. The van der Waals surface area contributed by atoms with Crippen LogP contribution in [0.15, 0.2) is 35.3 Å². The standard InChI is InChI=1S/C20H33N5.HI/c1-21-20(23-18-8-5-6-9-18)22-12-7-13-24-14-16-25(17-15-24)19-10-3-2-4-11-19;/h2-4,10-11,18H,5-9,12-17H2,1H3,(H2,21,22,23);1H. The van der Waals surface area contributed by atoms with E-state index in [1.54, 1.807) is 0 Å². The van der Waals surface area contributed by atoms with Crippen molar-refractivity contribution in [3.8, 4) is 0 Å². The molecular weight excluding hydrogens is 437 g/mol. The molecule has 0 unspecified atom stereocenters. The van der Waals surface area contributed by atoms with E-state index in [1.165, 1.54) is 31.4 Å². The van der Waals surface area contributed by atoms with Crippen LogP contribution in [0.1, 0.15) is 32.1 Å². The summed E-state index contributed by atoms with van der Waals surface area (Å²) in [5.74, 6) is 0.973. The van der Waals surface area contributed by atoms with Crippen molar-refractivity contribution in [2.24, 2.45) is 4.99 Å². The minimum atomic E-state index is 0. The zero-order valence-electron chi connectivity index (χ0n) is 16.0. The van der Waals surface area contributed by atoms with Gasteiger partial charge in [0.2, 0.25) is 0 Å². The monoisotopic (exact) mass is 471 g/mol. The van der Waals surface area contributed by atoms with Gasteiger partial charge in [0.25, 0.3) is 0 Å². The predicted octanol–water partition coefficient (Wildman–Crippen LogP) is 2.92. The molecule has 1 aromatic rings. The number of halogens is 1.